The predicted molar refractivity (Wildman–Crippen MR) is 85.6 cm³/mol. The van der Waals surface area contributed by atoms with Crippen molar-refractivity contribution in [3.8, 4) is 0 Å². The Balaban J connectivity index is 2.26. The molecule has 4 nitrogen and oxygen atoms in total. The van der Waals surface area contributed by atoms with E-state index in [1.54, 1.807) is 0 Å². The summed E-state index contributed by atoms with van der Waals surface area (Å²) in [5.41, 5.74) is -0.298. The highest BCUT2D eigenvalue weighted by Gasteiger charge is 2.16. The number of benzene rings is 2. The fourth-order valence-corrected chi connectivity index (χ4v) is 2.61. The van der Waals surface area contributed by atoms with Crippen molar-refractivity contribution >= 4 is 28.5 Å². The molecule has 1 aromatic heterocycles. The molecule has 7 heteroatoms. The van der Waals surface area contributed by atoms with Crippen molar-refractivity contribution in [2.45, 2.75) is 6.54 Å². The number of aromatic carboxylic acids is 1. The number of aromatic nitrogens is 1. The van der Waals surface area contributed by atoms with Crippen LogP contribution in [0.4, 0.5) is 8.78 Å². The maximum Gasteiger partial charge on any atom is 0.341 e. The van der Waals surface area contributed by atoms with E-state index in [4.69, 9.17) is 11.6 Å². The number of hydrogen-bond acceptors (Lipinski definition) is 2. The molecule has 0 spiro atoms. The van der Waals surface area contributed by atoms with Crippen LogP contribution in [0.3, 0.4) is 0 Å². The van der Waals surface area contributed by atoms with Crippen molar-refractivity contribution in [2.24, 2.45) is 0 Å². The maximum atomic E-state index is 13.7. The summed E-state index contributed by atoms with van der Waals surface area (Å²) in [6.07, 6.45) is 1.17. The van der Waals surface area contributed by atoms with Crippen LogP contribution >= 0.6 is 11.6 Å². The summed E-state index contributed by atoms with van der Waals surface area (Å²) in [5.74, 6) is -2.62. The second-order valence-corrected chi connectivity index (χ2v) is 5.62. The number of carboxylic acids is 1. The first kappa shape index (κ1) is 16.1. The molecule has 0 aliphatic heterocycles. The lowest BCUT2D eigenvalue weighted by atomic mass is 10.1. The highest BCUT2D eigenvalue weighted by molar-refractivity contribution is 6.31. The Kier molecular flexibility index (Phi) is 4.07. The van der Waals surface area contributed by atoms with Gasteiger partial charge < -0.3 is 9.67 Å². The Bertz CT molecular complexity index is 1010. The monoisotopic (exact) mass is 349 g/mol. The highest BCUT2D eigenvalue weighted by atomic mass is 35.5. The van der Waals surface area contributed by atoms with Gasteiger partial charge in [-0.1, -0.05) is 23.7 Å². The van der Waals surface area contributed by atoms with Gasteiger partial charge in [0.05, 0.1) is 10.5 Å². The quantitative estimate of drug-likeness (QED) is 0.784. The molecule has 3 rings (SSSR count). The van der Waals surface area contributed by atoms with Gasteiger partial charge in [-0.15, -0.1) is 0 Å². The SMILES string of the molecule is O=C(O)c1cn(Cc2ccc(F)cc2)c2cc(Cl)c(F)cc2c1=O. The molecule has 0 aliphatic rings. The summed E-state index contributed by atoms with van der Waals surface area (Å²) in [6, 6.07) is 7.79. The molecule has 0 saturated heterocycles. The van der Waals surface area contributed by atoms with Gasteiger partial charge >= 0.3 is 5.97 Å². The second-order valence-electron chi connectivity index (χ2n) is 5.21. The number of rotatable bonds is 3. The molecule has 2 aromatic carbocycles. The van der Waals surface area contributed by atoms with Crippen LogP contribution in [0.15, 0.2) is 47.4 Å². The molecule has 3 aromatic rings. The molecule has 0 saturated carbocycles. The van der Waals surface area contributed by atoms with Crippen molar-refractivity contribution in [1.29, 1.82) is 0 Å². The number of halogens is 3. The van der Waals surface area contributed by atoms with Gasteiger partial charge in [0.25, 0.3) is 0 Å². The fourth-order valence-electron chi connectivity index (χ4n) is 2.45. The Hall–Kier alpha value is -2.73. The lowest BCUT2D eigenvalue weighted by Gasteiger charge is -2.13. The molecule has 0 unspecified atom stereocenters. The first-order valence-corrected chi connectivity index (χ1v) is 7.24. The normalized spacial score (nSPS) is 11.0. The number of carbonyl (C=O) groups is 1. The molecule has 1 N–H and O–H groups in total. The smallest absolute Gasteiger partial charge is 0.341 e. The van der Waals surface area contributed by atoms with Gasteiger partial charge in [-0.2, -0.15) is 0 Å². The zero-order chi connectivity index (χ0) is 17.4. The molecule has 0 radical (unpaired) electrons. The van der Waals surface area contributed by atoms with Crippen LogP contribution in [0.25, 0.3) is 10.9 Å². The summed E-state index contributed by atoms with van der Waals surface area (Å²) in [6.45, 7) is 0.166. The molecule has 0 aliphatic carbocycles. The first-order chi connectivity index (χ1) is 11.4. The van der Waals surface area contributed by atoms with Crippen molar-refractivity contribution in [3.63, 3.8) is 0 Å². The van der Waals surface area contributed by atoms with Crippen molar-refractivity contribution in [3.05, 3.63) is 80.6 Å². The minimum Gasteiger partial charge on any atom is -0.477 e. The number of fused-ring (bicyclic) bond motifs is 1. The van der Waals surface area contributed by atoms with E-state index in [0.29, 0.717) is 11.1 Å². The van der Waals surface area contributed by atoms with Gasteiger partial charge in [-0.05, 0) is 29.8 Å². The molecule has 24 heavy (non-hydrogen) atoms. The number of hydrogen-bond donors (Lipinski definition) is 1. The molecule has 1 heterocycles. The topological polar surface area (TPSA) is 59.3 Å². The molecular weight excluding hydrogens is 340 g/mol. The maximum absolute atomic E-state index is 13.7. The second kappa shape index (κ2) is 6.05. The third-order valence-corrected chi connectivity index (χ3v) is 3.91. The Morgan fingerprint density at radius 2 is 1.83 bits per heavy atom. The van der Waals surface area contributed by atoms with Gasteiger partial charge in [0.2, 0.25) is 5.43 Å². The summed E-state index contributed by atoms with van der Waals surface area (Å²) in [5, 5.41) is 8.93. The van der Waals surface area contributed by atoms with Crippen molar-refractivity contribution in [2.75, 3.05) is 0 Å². The van der Waals surface area contributed by atoms with Crippen LogP contribution in [0, 0.1) is 11.6 Å². The molecule has 0 fully saturated rings. The van der Waals surface area contributed by atoms with Crippen molar-refractivity contribution in [1.82, 2.24) is 4.57 Å². The van der Waals surface area contributed by atoms with E-state index in [-0.39, 0.29) is 17.0 Å². The van der Waals surface area contributed by atoms with E-state index in [9.17, 15) is 23.5 Å². The largest absolute Gasteiger partial charge is 0.477 e. The zero-order valence-corrected chi connectivity index (χ0v) is 12.8. The van der Waals surface area contributed by atoms with Crippen LogP contribution in [0.5, 0.6) is 0 Å². The molecular formula is C17H10ClF2NO3. The number of pyridine rings is 1. The number of carboxylic acid groups (broad SMARTS) is 1. The fraction of sp³-hybridized carbons (Fsp3) is 0.0588. The number of nitrogens with zero attached hydrogens (tertiary/aromatic N) is 1. The lowest BCUT2D eigenvalue weighted by Crippen LogP contribution is -2.19. The Morgan fingerprint density at radius 1 is 1.17 bits per heavy atom. The first-order valence-electron chi connectivity index (χ1n) is 6.87. The van der Waals surface area contributed by atoms with E-state index >= 15 is 0 Å². The minimum atomic E-state index is -1.41. The van der Waals surface area contributed by atoms with Crippen LogP contribution < -0.4 is 5.43 Å². The van der Waals surface area contributed by atoms with Crippen LogP contribution in [0.2, 0.25) is 5.02 Å². The lowest BCUT2D eigenvalue weighted by molar-refractivity contribution is 0.0695. The minimum absolute atomic E-state index is 0.0843. The highest BCUT2D eigenvalue weighted by Crippen LogP contribution is 2.22. The third-order valence-electron chi connectivity index (χ3n) is 3.62. The average Bonchev–Trinajstić information content (AvgIpc) is 2.53. The molecule has 0 amide bonds. The van der Waals surface area contributed by atoms with Crippen LogP contribution in [0.1, 0.15) is 15.9 Å². The van der Waals surface area contributed by atoms with E-state index in [0.717, 1.165) is 6.07 Å². The zero-order valence-electron chi connectivity index (χ0n) is 12.1. The molecule has 0 atom stereocenters. The van der Waals surface area contributed by atoms with Gasteiger partial charge in [0.1, 0.15) is 17.2 Å². The van der Waals surface area contributed by atoms with Gasteiger partial charge in [-0.3, -0.25) is 4.79 Å². The summed E-state index contributed by atoms with van der Waals surface area (Å²) >= 11 is 5.78. The predicted octanol–water partition coefficient (Wildman–Crippen LogP) is 3.68. The van der Waals surface area contributed by atoms with Crippen molar-refractivity contribution < 1.29 is 18.7 Å². The van der Waals surface area contributed by atoms with Crippen LogP contribution in [-0.2, 0) is 6.54 Å². The van der Waals surface area contributed by atoms with Gasteiger partial charge in [0.15, 0.2) is 0 Å². The van der Waals surface area contributed by atoms with Crippen LogP contribution in [-0.4, -0.2) is 15.6 Å². The van der Waals surface area contributed by atoms with E-state index in [1.807, 2.05) is 0 Å². The average molecular weight is 350 g/mol. The standard InChI is InChI=1S/C17H10ClF2NO3/c18-13-6-15-11(5-14(13)20)16(22)12(17(23)24)8-21(15)7-9-1-3-10(19)4-2-9/h1-6,8H,7H2,(H,23,24). The third kappa shape index (κ3) is 2.88. The van der Waals surface area contributed by atoms with E-state index < -0.39 is 28.6 Å². The summed E-state index contributed by atoms with van der Waals surface area (Å²) < 4.78 is 28.2. The van der Waals surface area contributed by atoms with E-state index in [2.05, 4.69) is 0 Å². The Labute approximate surface area is 139 Å². The Morgan fingerprint density at radius 3 is 2.46 bits per heavy atom. The van der Waals surface area contributed by atoms with E-state index in [1.165, 1.54) is 41.1 Å². The van der Waals surface area contributed by atoms with Gasteiger partial charge in [0, 0.05) is 18.1 Å². The summed E-state index contributed by atoms with van der Waals surface area (Å²) in [7, 11) is 0. The summed E-state index contributed by atoms with van der Waals surface area (Å²) in [4.78, 5) is 23.5. The molecule has 122 valence electrons. The molecule has 0 bridgehead atoms. The van der Waals surface area contributed by atoms with Gasteiger partial charge in [-0.25, -0.2) is 13.6 Å².